The molecule has 0 radical (unpaired) electrons. The van der Waals surface area contributed by atoms with Crippen LogP contribution in [0, 0.1) is 13.8 Å². The van der Waals surface area contributed by atoms with Crippen LogP contribution in [-0.2, 0) is 0 Å². The zero-order valence-corrected chi connectivity index (χ0v) is 15.7. The van der Waals surface area contributed by atoms with E-state index in [0.29, 0.717) is 15.6 Å². The van der Waals surface area contributed by atoms with Crippen LogP contribution in [0.15, 0.2) is 53.9 Å². The van der Waals surface area contributed by atoms with Gasteiger partial charge in [0.1, 0.15) is 0 Å². The maximum atomic E-state index is 12.0. The molecule has 1 aromatic carbocycles. The Bertz CT molecular complexity index is 960. The number of rotatable bonds is 4. The smallest absolute Gasteiger partial charge is 0.272 e. The molecule has 0 unspecified atom stereocenters. The fraction of sp³-hybridized carbons (Fsp3) is 0.105. The van der Waals surface area contributed by atoms with Crippen molar-refractivity contribution in [3.05, 3.63) is 81.4 Å². The van der Waals surface area contributed by atoms with E-state index in [1.165, 1.54) is 6.20 Å². The molecule has 1 amide bonds. The second-order valence-electron chi connectivity index (χ2n) is 5.73. The zero-order chi connectivity index (χ0) is 18.7. The molecule has 2 heterocycles. The third kappa shape index (κ3) is 3.95. The fourth-order valence-corrected chi connectivity index (χ4v) is 3.22. The summed E-state index contributed by atoms with van der Waals surface area (Å²) in [6.07, 6.45) is 4.70. The van der Waals surface area contributed by atoms with Crippen molar-refractivity contribution in [1.82, 2.24) is 15.0 Å². The lowest BCUT2D eigenvalue weighted by Gasteiger charge is -2.10. The van der Waals surface area contributed by atoms with Gasteiger partial charge in [-0.3, -0.25) is 9.78 Å². The van der Waals surface area contributed by atoms with Gasteiger partial charge in [0, 0.05) is 45.1 Å². The highest BCUT2D eigenvalue weighted by atomic mass is 35.5. The third-order valence-electron chi connectivity index (χ3n) is 3.87. The van der Waals surface area contributed by atoms with Gasteiger partial charge in [-0.05, 0) is 50.2 Å². The molecule has 0 saturated carbocycles. The minimum absolute atomic E-state index is 0.315. The minimum atomic E-state index is -0.315. The van der Waals surface area contributed by atoms with Crippen LogP contribution in [0.3, 0.4) is 0 Å². The summed E-state index contributed by atoms with van der Waals surface area (Å²) >= 11 is 12.2. The van der Waals surface area contributed by atoms with Crippen molar-refractivity contribution in [2.24, 2.45) is 5.10 Å². The molecule has 0 aliphatic carbocycles. The van der Waals surface area contributed by atoms with Crippen molar-refractivity contribution in [2.75, 3.05) is 0 Å². The molecule has 0 atom stereocenters. The second kappa shape index (κ2) is 7.72. The van der Waals surface area contributed by atoms with Gasteiger partial charge in [-0.1, -0.05) is 23.2 Å². The molecule has 3 aromatic rings. The monoisotopic (exact) mass is 386 g/mol. The summed E-state index contributed by atoms with van der Waals surface area (Å²) in [5.74, 6) is -0.315. The Morgan fingerprint density at radius 2 is 1.92 bits per heavy atom. The van der Waals surface area contributed by atoms with E-state index in [1.807, 2.05) is 36.6 Å². The fourth-order valence-electron chi connectivity index (χ4n) is 2.71. The lowest BCUT2D eigenvalue weighted by molar-refractivity contribution is 0.0955. The molecule has 0 bridgehead atoms. The number of hydrazone groups is 1. The maximum Gasteiger partial charge on any atom is 0.272 e. The number of nitrogens with one attached hydrogen (secondary N) is 1. The van der Waals surface area contributed by atoms with Gasteiger partial charge < -0.3 is 4.57 Å². The van der Waals surface area contributed by atoms with E-state index in [1.54, 1.807) is 30.6 Å². The Morgan fingerprint density at radius 3 is 2.58 bits per heavy atom. The molecule has 0 aliphatic rings. The summed E-state index contributed by atoms with van der Waals surface area (Å²) < 4.78 is 2.03. The largest absolute Gasteiger partial charge is 0.318 e. The molecule has 2 aromatic heterocycles. The molecule has 3 rings (SSSR count). The van der Waals surface area contributed by atoms with E-state index in [9.17, 15) is 4.79 Å². The molecule has 0 fully saturated rings. The molecule has 1 N–H and O–H groups in total. The van der Waals surface area contributed by atoms with Gasteiger partial charge in [0.15, 0.2) is 0 Å². The second-order valence-corrected chi connectivity index (χ2v) is 6.60. The quantitative estimate of drug-likeness (QED) is 0.527. The molecule has 26 heavy (non-hydrogen) atoms. The number of hydrogen-bond acceptors (Lipinski definition) is 3. The molecule has 0 aliphatic heterocycles. The van der Waals surface area contributed by atoms with Crippen LogP contribution in [0.4, 0.5) is 0 Å². The van der Waals surface area contributed by atoms with Crippen molar-refractivity contribution >= 4 is 35.3 Å². The lowest BCUT2D eigenvalue weighted by atomic mass is 10.2. The average Bonchev–Trinajstić information content (AvgIpc) is 2.88. The van der Waals surface area contributed by atoms with Crippen LogP contribution in [0.5, 0.6) is 0 Å². The van der Waals surface area contributed by atoms with E-state index < -0.39 is 0 Å². The Morgan fingerprint density at radius 1 is 1.19 bits per heavy atom. The molecule has 5 nitrogen and oxygen atoms in total. The number of pyridine rings is 1. The molecule has 0 spiro atoms. The van der Waals surface area contributed by atoms with Gasteiger partial charge in [-0.25, -0.2) is 5.43 Å². The topological polar surface area (TPSA) is 59.3 Å². The highest BCUT2D eigenvalue weighted by Crippen LogP contribution is 2.25. The Kier molecular flexibility index (Phi) is 5.40. The lowest BCUT2D eigenvalue weighted by Crippen LogP contribution is -2.17. The van der Waals surface area contributed by atoms with E-state index in [4.69, 9.17) is 23.2 Å². The summed E-state index contributed by atoms with van der Waals surface area (Å²) in [7, 11) is 0. The Balaban J connectivity index is 1.83. The highest BCUT2D eigenvalue weighted by Gasteiger charge is 2.11. The SMILES string of the molecule is Cc1cc(/C=N/NC(=O)c2cccnc2)c(C)n1-c1cc(Cl)cc(Cl)c1. The van der Waals surface area contributed by atoms with Gasteiger partial charge in [0.05, 0.1) is 11.8 Å². The van der Waals surface area contributed by atoms with Gasteiger partial charge >= 0.3 is 0 Å². The normalized spacial score (nSPS) is 11.1. The van der Waals surface area contributed by atoms with Crippen molar-refractivity contribution in [3.63, 3.8) is 0 Å². The number of aromatic nitrogens is 2. The standard InChI is InChI=1S/C19H16Cl2N4O/c1-12-6-15(11-23-24-19(26)14-4-3-5-22-10-14)13(2)25(12)18-8-16(20)7-17(21)9-18/h3-11H,1-2H3,(H,24,26)/b23-11+. The molecular weight excluding hydrogens is 371 g/mol. The van der Waals surface area contributed by atoms with E-state index in [-0.39, 0.29) is 5.91 Å². The number of nitrogens with zero attached hydrogens (tertiary/aromatic N) is 3. The summed E-state index contributed by atoms with van der Waals surface area (Å²) in [6, 6.07) is 10.7. The van der Waals surface area contributed by atoms with Crippen molar-refractivity contribution in [2.45, 2.75) is 13.8 Å². The first-order valence-electron chi connectivity index (χ1n) is 7.84. The average molecular weight is 387 g/mol. The summed E-state index contributed by atoms with van der Waals surface area (Å²) in [5.41, 5.74) is 6.66. The summed E-state index contributed by atoms with van der Waals surface area (Å²) in [5, 5.41) is 5.18. The van der Waals surface area contributed by atoms with Gasteiger partial charge in [-0.2, -0.15) is 5.10 Å². The number of amides is 1. The van der Waals surface area contributed by atoms with Crippen LogP contribution in [0.25, 0.3) is 5.69 Å². The van der Waals surface area contributed by atoms with Crippen molar-refractivity contribution in [3.8, 4) is 5.69 Å². The zero-order valence-electron chi connectivity index (χ0n) is 14.2. The van der Waals surface area contributed by atoms with E-state index in [0.717, 1.165) is 22.6 Å². The van der Waals surface area contributed by atoms with Crippen molar-refractivity contribution in [1.29, 1.82) is 0 Å². The van der Waals surface area contributed by atoms with Crippen LogP contribution >= 0.6 is 23.2 Å². The first-order valence-corrected chi connectivity index (χ1v) is 8.60. The number of benzene rings is 1. The highest BCUT2D eigenvalue weighted by molar-refractivity contribution is 6.34. The predicted octanol–water partition coefficient (Wildman–Crippen LogP) is 4.56. The predicted molar refractivity (Wildman–Crippen MR) is 105 cm³/mol. The van der Waals surface area contributed by atoms with Crippen LogP contribution in [0.2, 0.25) is 10.0 Å². The van der Waals surface area contributed by atoms with E-state index >= 15 is 0 Å². The Labute approximate surface area is 161 Å². The summed E-state index contributed by atoms with van der Waals surface area (Å²) in [6.45, 7) is 3.94. The number of aryl methyl sites for hydroxylation is 1. The van der Waals surface area contributed by atoms with Crippen LogP contribution in [0.1, 0.15) is 27.3 Å². The Hall–Kier alpha value is -2.63. The number of carbonyl (C=O) groups is 1. The van der Waals surface area contributed by atoms with Crippen molar-refractivity contribution < 1.29 is 4.79 Å². The molecule has 7 heteroatoms. The number of halogens is 2. The van der Waals surface area contributed by atoms with Crippen LogP contribution in [-0.4, -0.2) is 21.7 Å². The molecule has 0 saturated heterocycles. The van der Waals surface area contributed by atoms with Gasteiger partial charge in [0.25, 0.3) is 5.91 Å². The minimum Gasteiger partial charge on any atom is -0.318 e. The summed E-state index contributed by atoms with van der Waals surface area (Å²) in [4.78, 5) is 15.9. The van der Waals surface area contributed by atoms with Gasteiger partial charge in [0.2, 0.25) is 0 Å². The first kappa shape index (κ1) is 18.2. The number of hydrogen-bond donors (Lipinski definition) is 1. The third-order valence-corrected chi connectivity index (χ3v) is 4.31. The number of carbonyl (C=O) groups excluding carboxylic acids is 1. The van der Waals surface area contributed by atoms with Gasteiger partial charge in [-0.15, -0.1) is 0 Å². The van der Waals surface area contributed by atoms with Crippen LogP contribution < -0.4 is 5.43 Å². The molecular formula is C19H16Cl2N4O. The van der Waals surface area contributed by atoms with E-state index in [2.05, 4.69) is 15.5 Å². The maximum absolute atomic E-state index is 12.0. The first-order chi connectivity index (χ1) is 12.5. The molecule has 132 valence electrons.